The SMILES string of the molecule is O=C(CS(=O)CCCO)OC1CCCC1. The minimum atomic E-state index is -1.18. The Hall–Kier alpha value is -0.420. The van der Waals surface area contributed by atoms with Crippen LogP contribution < -0.4 is 0 Å². The Morgan fingerprint density at radius 3 is 2.67 bits per heavy atom. The predicted octanol–water partition coefficient (Wildman–Crippen LogP) is 0.603. The number of aliphatic hydroxyl groups excluding tert-OH is 1. The van der Waals surface area contributed by atoms with Crippen LogP contribution in [-0.2, 0) is 20.3 Å². The average Bonchev–Trinajstić information content (AvgIpc) is 2.67. The predicted molar refractivity (Wildman–Crippen MR) is 57.9 cm³/mol. The van der Waals surface area contributed by atoms with Crippen LogP contribution in [0, 0.1) is 0 Å². The molecule has 0 spiro atoms. The molecule has 0 bridgehead atoms. The van der Waals surface area contributed by atoms with Gasteiger partial charge in [0.2, 0.25) is 0 Å². The highest BCUT2D eigenvalue weighted by molar-refractivity contribution is 7.85. The van der Waals surface area contributed by atoms with Crippen LogP contribution in [0.4, 0.5) is 0 Å². The Balaban J connectivity index is 2.14. The Labute approximate surface area is 92.5 Å². The van der Waals surface area contributed by atoms with Crippen LogP contribution in [0.15, 0.2) is 0 Å². The van der Waals surface area contributed by atoms with E-state index >= 15 is 0 Å². The molecule has 5 heteroatoms. The second-order valence-corrected chi connectivity index (χ2v) is 5.34. The normalized spacial score (nSPS) is 19.0. The van der Waals surface area contributed by atoms with E-state index in [0.717, 1.165) is 25.7 Å². The van der Waals surface area contributed by atoms with Crippen molar-refractivity contribution < 1.29 is 18.8 Å². The maximum absolute atomic E-state index is 11.3. The lowest BCUT2D eigenvalue weighted by Gasteiger charge is -2.10. The van der Waals surface area contributed by atoms with Crippen molar-refractivity contribution in [3.63, 3.8) is 0 Å². The van der Waals surface area contributed by atoms with E-state index in [-0.39, 0.29) is 24.4 Å². The third kappa shape index (κ3) is 5.28. The van der Waals surface area contributed by atoms with Gasteiger partial charge in [-0.2, -0.15) is 0 Å². The number of rotatable bonds is 6. The molecule has 0 saturated heterocycles. The van der Waals surface area contributed by atoms with Crippen molar-refractivity contribution >= 4 is 16.8 Å². The molecule has 1 N–H and O–H groups in total. The maximum atomic E-state index is 11.3. The molecule has 1 unspecified atom stereocenters. The molecule has 0 aromatic heterocycles. The molecule has 1 saturated carbocycles. The first-order valence-electron chi connectivity index (χ1n) is 5.37. The summed E-state index contributed by atoms with van der Waals surface area (Å²) in [7, 11) is -1.18. The van der Waals surface area contributed by atoms with Gasteiger partial charge in [0.25, 0.3) is 0 Å². The van der Waals surface area contributed by atoms with Gasteiger partial charge in [0.1, 0.15) is 11.9 Å². The molecule has 0 amide bonds. The zero-order valence-electron chi connectivity index (χ0n) is 8.81. The molecule has 1 aliphatic carbocycles. The van der Waals surface area contributed by atoms with E-state index in [2.05, 4.69) is 0 Å². The molecular formula is C10H18O4S. The molecule has 1 fully saturated rings. The fraction of sp³-hybridized carbons (Fsp3) is 0.900. The summed E-state index contributed by atoms with van der Waals surface area (Å²) in [5, 5.41) is 8.53. The van der Waals surface area contributed by atoms with Crippen LogP contribution in [0.1, 0.15) is 32.1 Å². The minimum absolute atomic E-state index is 0.0173. The van der Waals surface area contributed by atoms with E-state index in [1.54, 1.807) is 0 Å². The standard InChI is InChI=1S/C10H18O4S/c11-6-3-7-15(13)8-10(12)14-9-4-1-2-5-9/h9,11H,1-8H2. The number of esters is 1. The Morgan fingerprint density at radius 2 is 2.07 bits per heavy atom. The zero-order valence-corrected chi connectivity index (χ0v) is 9.63. The number of carbonyl (C=O) groups excluding carboxylic acids is 1. The molecule has 4 nitrogen and oxygen atoms in total. The van der Waals surface area contributed by atoms with E-state index in [1.807, 2.05) is 0 Å². The molecule has 0 aromatic carbocycles. The topological polar surface area (TPSA) is 63.6 Å². The summed E-state index contributed by atoms with van der Waals surface area (Å²) in [6.07, 6.45) is 4.64. The van der Waals surface area contributed by atoms with E-state index in [9.17, 15) is 9.00 Å². The minimum Gasteiger partial charge on any atom is -0.462 e. The average molecular weight is 234 g/mol. The van der Waals surface area contributed by atoms with Crippen molar-refractivity contribution in [2.24, 2.45) is 0 Å². The van der Waals surface area contributed by atoms with Crippen molar-refractivity contribution in [3.05, 3.63) is 0 Å². The monoisotopic (exact) mass is 234 g/mol. The maximum Gasteiger partial charge on any atom is 0.318 e. The molecule has 1 aliphatic rings. The van der Waals surface area contributed by atoms with E-state index in [4.69, 9.17) is 9.84 Å². The number of aliphatic hydroxyl groups is 1. The molecule has 0 heterocycles. The molecule has 0 aromatic rings. The first-order valence-corrected chi connectivity index (χ1v) is 6.86. The van der Waals surface area contributed by atoms with E-state index in [1.165, 1.54) is 0 Å². The van der Waals surface area contributed by atoms with Crippen molar-refractivity contribution in [2.75, 3.05) is 18.1 Å². The highest BCUT2D eigenvalue weighted by Gasteiger charge is 2.20. The quantitative estimate of drug-likeness (QED) is 0.684. The molecule has 88 valence electrons. The summed E-state index contributed by atoms with van der Waals surface area (Å²) in [5.74, 6) is -0.0228. The lowest BCUT2D eigenvalue weighted by molar-refractivity contribution is -0.145. The molecule has 0 aliphatic heterocycles. The molecule has 15 heavy (non-hydrogen) atoms. The van der Waals surface area contributed by atoms with Crippen LogP contribution in [0.5, 0.6) is 0 Å². The van der Waals surface area contributed by atoms with Crippen LogP contribution in [0.3, 0.4) is 0 Å². The van der Waals surface area contributed by atoms with Gasteiger partial charge in [-0.3, -0.25) is 9.00 Å². The van der Waals surface area contributed by atoms with Crippen LogP contribution in [0.2, 0.25) is 0 Å². The van der Waals surface area contributed by atoms with Gasteiger partial charge < -0.3 is 9.84 Å². The number of hydrogen-bond donors (Lipinski definition) is 1. The summed E-state index contributed by atoms with van der Waals surface area (Å²) < 4.78 is 16.5. The molecular weight excluding hydrogens is 216 g/mol. The lowest BCUT2D eigenvalue weighted by Crippen LogP contribution is -2.21. The van der Waals surface area contributed by atoms with Crippen molar-refractivity contribution in [3.8, 4) is 0 Å². The molecule has 0 radical (unpaired) electrons. The fourth-order valence-electron chi connectivity index (χ4n) is 1.66. The first kappa shape index (κ1) is 12.6. The van der Waals surface area contributed by atoms with Gasteiger partial charge in [0, 0.05) is 23.2 Å². The van der Waals surface area contributed by atoms with E-state index in [0.29, 0.717) is 12.2 Å². The van der Waals surface area contributed by atoms with E-state index < -0.39 is 10.8 Å². The smallest absolute Gasteiger partial charge is 0.318 e. The second-order valence-electron chi connectivity index (χ2n) is 3.76. The molecule has 1 atom stereocenters. The van der Waals surface area contributed by atoms with Gasteiger partial charge in [-0.1, -0.05) is 0 Å². The number of hydrogen-bond acceptors (Lipinski definition) is 4. The highest BCUT2D eigenvalue weighted by atomic mass is 32.2. The van der Waals surface area contributed by atoms with Crippen LogP contribution >= 0.6 is 0 Å². The van der Waals surface area contributed by atoms with Crippen molar-refractivity contribution in [1.82, 2.24) is 0 Å². The lowest BCUT2D eigenvalue weighted by atomic mass is 10.3. The van der Waals surface area contributed by atoms with Crippen LogP contribution in [0.25, 0.3) is 0 Å². The number of ether oxygens (including phenoxy) is 1. The van der Waals surface area contributed by atoms with Gasteiger partial charge in [-0.25, -0.2) is 0 Å². The van der Waals surface area contributed by atoms with Gasteiger partial charge >= 0.3 is 5.97 Å². The van der Waals surface area contributed by atoms with Gasteiger partial charge in [-0.15, -0.1) is 0 Å². The summed E-state index contributed by atoms with van der Waals surface area (Å²) in [6, 6.07) is 0. The largest absolute Gasteiger partial charge is 0.462 e. The Kier molecular flexibility index (Phi) is 5.86. The van der Waals surface area contributed by atoms with Gasteiger partial charge in [-0.05, 0) is 32.1 Å². The third-order valence-electron chi connectivity index (χ3n) is 2.41. The fourth-order valence-corrected chi connectivity index (χ4v) is 2.58. The summed E-state index contributed by atoms with van der Waals surface area (Å²) in [4.78, 5) is 11.3. The van der Waals surface area contributed by atoms with Crippen LogP contribution in [-0.4, -0.2) is 39.5 Å². The summed E-state index contributed by atoms with van der Waals surface area (Å²) >= 11 is 0. The highest BCUT2D eigenvalue weighted by Crippen LogP contribution is 2.20. The van der Waals surface area contributed by atoms with Gasteiger partial charge in [0.05, 0.1) is 0 Å². The van der Waals surface area contributed by atoms with Crippen molar-refractivity contribution in [1.29, 1.82) is 0 Å². The van der Waals surface area contributed by atoms with Gasteiger partial charge in [0.15, 0.2) is 0 Å². The summed E-state index contributed by atoms with van der Waals surface area (Å²) in [6.45, 7) is 0.0173. The summed E-state index contributed by atoms with van der Waals surface area (Å²) in [5.41, 5.74) is 0. The zero-order chi connectivity index (χ0) is 11.1. The Bertz CT molecular complexity index is 223. The number of carbonyl (C=O) groups is 1. The first-order chi connectivity index (χ1) is 7.22. The molecule has 1 rings (SSSR count). The van der Waals surface area contributed by atoms with Crippen molar-refractivity contribution in [2.45, 2.75) is 38.2 Å². The third-order valence-corrected chi connectivity index (χ3v) is 3.71. The Morgan fingerprint density at radius 1 is 1.40 bits per heavy atom. The second kappa shape index (κ2) is 6.95.